The molecule has 0 fully saturated rings. The van der Waals surface area contributed by atoms with Gasteiger partial charge in [0.1, 0.15) is 0 Å². The summed E-state index contributed by atoms with van der Waals surface area (Å²) >= 11 is 0. The SMILES string of the molecule is O=C(NCc1ccc[nH]1)c1cnc2ccccc2c1. The van der Waals surface area contributed by atoms with E-state index in [2.05, 4.69) is 15.3 Å². The van der Waals surface area contributed by atoms with Crippen molar-refractivity contribution in [1.82, 2.24) is 15.3 Å². The molecule has 3 rings (SSSR count). The van der Waals surface area contributed by atoms with Gasteiger partial charge in [-0.25, -0.2) is 0 Å². The van der Waals surface area contributed by atoms with Crippen molar-refractivity contribution in [3.63, 3.8) is 0 Å². The monoisotopic (exact) mass is 251 g/mol. The van der Waals surface area contributed by atoms with E-state index in [1.807, 2.05) is 48.7 Å². The lowest BCUT2D eigenvalue weighted by Crippen LogP contribution is -2.23. The second-order valence-corrected chi connectivity index (χ2v) is 4.29. The maximum Gasteiger partial charge on any atom is 0.253 e. The molecule has 4 heteroatoms. The van der Waals surface area contributed by atoms with Crippen molar-refractivity contribution >= 4 is 16.8 Å². The molecule has 0 aliphatic rings. The zero-order valence-electron chi connectivity index (χ0n) is 10.3. The van der Waals surface area contributed by atoms with Crippen LogP contribution in [0.4, 0.5) is 0 Å². The van der Waals surface area contributed by atoms with Gasteiger partial charge in [0.25, 0.3) is 5.91 Å². The van der Waals surface area contributed by atoms with Crippen LogP contribution >= 0.6 is 0 Å². The van der Waals surface area contributed by atoms with Crippen molar-refractivity contribution in [3.8, 4) is 0 Å². The zero-order chi connectivity index (χ0) is 13.1. The Hall–Kier alpha value is -2.62. The van der Waals surface area contributed by atoms with Crippen LogP contribution in [-0.4, -0.2) is 15.9 Å². The van der Waals surface area contributed by atoms with Crippen LogP contribution in [0.1, 0.15) is 16.1 Å². The normalized spacial score (nSPS) is 10.5. The van der Waals surface area contributed by atoms with E-state index in [9.17, 15) is 4.79 Å². The fraction of sp³-hybridized carbons (Fsp3) is 0.0667. The molecule has 0 aliphatic carbocycles. The number of amides is 1. The molecular weight excluding hydrogens is 238 g/mol. The molecule has 0 saturated heterocycles. The van der Waals surface area contributed by atoms with Gasteiger partial charge in [0, 0.05) is 23.5 Å². The Morgan fingerprint density at radius 2 is 2.11 bits per heavy atom. The van der Waals surface area contributed by atoms with E-state index in [4.69, 9.17) is 0 Å². The number of aromatic amines is 1. The first-order chi connectivity index (χ1) is 9.33. The molecule has 0 unspecified atom stereocenters. The first-order valence-electron chi connectivity index (χ1n) is 6.08. The summed E-state index contributed by atoms with van der Waals surface area (Å²) in [6.45, 7) is 0.485. The maximum atomic E-state index is 12.0. The Kier molecular flexibility index (Phi) is 2.98. The fourth-order valence-corrected chi connectivity index (χ4v) is 1.95. The van der Waals surface area contributed by atoms with Crippen molar-refractivity contribution in [2.75, 3.05) is 0 Å². The number of para-hydroxylation sites is 1. The fourth-order valence-electron chi connectivity index (χ4n) is 1.95. The molecule has 3 aromatic rings. The number of hydrogen-bond acceptors (Lipinski definition) is 2. The van der Waals surface area contributed by atoms with Gasteiger partial charge in [0.15, 0.2) is 0 Å². The Morgan fingerprint density at radius 3 is 2.95 bits per heavy atom. The molecule has 2 aromatic heterocycles. The van der Waals surface area contributed by atoms with Crippen LogP contribution in [0.3, 0.4) is 0 Å². The highest BCUT2D eigenvalue weighted by atomic mass is 16.1. The number of pyridine rings is 1. The number of H-pyrrole nitrogens is 1. The lowest BCUT2D eigenvalue weighted by atomic mass is 10.1. The molecule has 4 nitrogen and oxygen atoms in total. The van der Waals surface area contributed by atoms with Gasteiger partial charge in [0.2, 0.25) is 0 Å². The lowest BCUT2D eigenvalue weighted by molar-refractivity contribution is 0.0950. The zero-order valence-corrected chi connectivity index (χ0v) is 10.3. The third-order valence-corrected chi connectivity index (χ3v) is 2.95. The van der Waals surface area contributed by atoms with Crippen molar-refractivity contribution < 1.29 is 4.79 Å². The topological polar surface area (TPSA) is 57.8 Å². The highest BCUT2D eigenvalue weighted by molar-refractivity contribution is 5.97. The summed E-state index contributed by atoms with van der Waals surface area (Å²) in [5.41, 5.74) is 2.44. The third kappa shape index (κ3) is 2.47. The standard InChI is InChI=1S/C15H13N3O/c19-15(18-10-13-5-3-7-16-13)12-8-11-4-1-2-6-14(11)17-9-12/h1-9,16H,10H2,(H,18,19). The van der Waals surface area contributed by atoms with Crippen LogP contribution in [0, 0.1) is 0 Å². The number of carbonyl (C=O) groups excluding carboxylic acids is 1. The van der Waals surface area contributed by atoms with Crippen LogP contribution in [0.15, 0.2) is 54.9 Å². The van der Waals surface area contributed by atoms with E-state index in [0.717, 1.165) is 16.6 Å². The predicted molar refractivity (Wildman–Crippen MR) is 73.7 cm³/mol. The quantitative estimate of drug-likeness (QED) is 0.751. The average Bonchev–Trinajstić information content (AvgIpc) is 2.97. The van der Waals surface area contributed by atoms with E-state index in [-0.39, 0.29) is 5.91 Å². The molecule has 2 heterocycles. The van der Waals surface area contributed by atoms with E-state index in [0.29, 0.717) is 12.1 Å². The minimum absolute atomic E-state index is 0.118. The van der Waals surface area contributed by atoms with E-state index >= 15 is 0 Å². The number of benzene rings is 1. The molecule has 0 bridgehead atoms. The second-order valence-electron chi connectivity index (χ2n) is 4.29. The molecule has 2 N–H and O–H groups in total. The Balaban J connectivity index is 1.77. The lowest BCUT2D eigenvalue weighted by Gasteiger charge is -2.04. The minimum atomic E-state index is -0.118. The van der Waals surface area contributed by atoms with Crippen LogP contribution in [-0.2, 0) is 6.54 Å². The molecule has 1 aromatic carbocycles. The van der Waals surface area contributed by atoms with Gasteiger partial charge in [-0.1, -0.05) is 18.2 Å². The smallest absolute Gasteiger partial charge is 0.253 e. The highest BCUT2D eigenvalue weighted by Gasteiger charge is 2.06. The summed E-state index contributed by atoms with van der Waals surface area (Å²) in [5, 5.41) is 3.82. The molecular formula is C15H13N3O. The van der Waals surface area contributed by atoms with Gasteiger partial charge in [-0.3, -0.25) is 9.78 Å². The van der Waals surface area contributed by atoms with Crippen LogP contribution in [0.5, 0.6) is 0 Å². The molecule has 19 heavy (non-hydrogen) atoms. The Labute approximate surface area is 110 Å². The Bertz CT molecular complexity index is 704. The second kappa shape index (κ2) is 4.94. The van der Waals surface area contributed by atoms with Gasteiger partial charge in [-0.2, -0.15) is 0 Å². The van der Waals surface area contributed by atoms with Gasteiger partial charge in [-0.05, 0) is 24.3 Å². The predicted octanol–water partition coefficient (Wildman–Crippen LogP) is 2.49. The molecule has 1 amide bonds. The number of nitrogens with zero attached hydrogens (tertiary/aromatic N) is 1. The van der Waals surface area contributed by atoms with Crippen molar-refractivity contribution in [3.05, 3.63) is 66.1 Å². The summed E-state index contributed by atoms with van der Waals surface area (Å²) in [6, 6.07) is 13.4. The maximum absolute atomic E-state index is 12.0. The largest absolute Gasteiger partial charge is 0.364 e. The number of rotatable bonds is 3. The minimum Gasteiger partial charge on any atom is -0.364 e. The van der Waals surface area contributed by atoms with Crippen molar-refractivity contribution in [1.29, 1.82) is 0 Å². The third-order valence-electron chi connectivity index (χ3n) is 2.95. The van der Waals surface area contributed by atoms with E-state index < -0.39 is 0 Å². The molecule has 0 radical (unpaired) electrons. The molecule has 0 spiro atoms. The first-order valence-corrected chi connectivity index (χ1v) is 6.08. The summed E-state index contributed by atoms with van der Waals surface area (Å²) in [4.78, 5) is 19.3. The van der Waals surface area contributed by atoms with Crippen molar-refractivity contribution in [2.45, 2.75) is 6.54 Å². The van der Waals surface area contributed by atoms with E-state index in [1.165, 1.54) is 0 Å². The summed E-state index contributed by atoms with van der Waals surface area (Å²) < 4.78 is 0. The molecule has 0 saturated carbocycles. The highest BCUT2D eigenvalue weighted by Crippen LogP contribution is 2.12. The van der Waals surface area contributed by atoms with Crippen LogP contribution in [0.25, 0.3) is 10.9 Å². The van der Waals surface area contributed by atoms with Gasteiger partial charge < -0.3 is 10.3 Å². The number of aromatic nitrogens is 2. The summed E-state index contributed by atoms with van der Waals surface area (Å²) in [5.74, 6) is -0.118. The number of nitrogens with one attached hydrogen (secondary N) is 2. The number of fused-ring (bicyclic) bond motifs is 1. The number of carbonyl (C=O) groups is 1. The average molecular weight is 251 g/mol. The number of hydrogen-bond donors (Lipinski definition) is 2. The molecule has 94 valence electrons. The summed E-state index contributed by atoms with van der Waals surface area (Å²) in [6.07, 6.45) is 3.44. The van der Waals surface area contributed by atoms with Crippen LogP contribution in [0.2, 0.25) is 0 Å². The molecule has 0 aliphatic heterocycles. The van der Waals surface area contributed by atoms with Crippen molar-refractivity contribution in [2.24, 2.45) is 0 Å². The Morgan fingerprint density at radius 1 is 1.21 bits per heavy atom. The summed E-state index contributed by atoms with van der Waals surface area (Å²) in [7, 11) is 0. The van der Waals surface area contributed by atoms with Gasteiger partial charge >= 0.3 is 0 Å². The van der Waals surface area contributed by atoms with Crippen LogP contribution < -0.4 is 5.32 Å². The molecule has 0 atom stereocenters. The first kappa shape index (κ1) is 11.5. The van der Waals surface area contributed by atoms with Gasteiger partial charge in [0.05, 0.1) is 17.6 Å². The van der Waals surface area contributed by atoms with E-state index in [1.54, 1.807) is 6.20 Å². The van der Waals surface area contributed by atoms with Gasteiger partial charge in [-0.15, -0.1) is 0 Å².